The van der Waals surface area contributed by atoms with E-state index >= 15 is 0 Å². The summed E-state index contributed by atoms with van der Waals surface area (Å²) in [7, 11) is -3.31. The fourth-order valence-corrected chi connectivity index (χ4v) is 2.53. The van der Waals surface area contributed by atoms with Crippen LogP contribution in [0.4, 0.5) is 11.6 Å². The molecular weight excluding hydrogens is 264 g/mol. The van der Waals surface area contributed by atoms with Crippen LogP contribution in [-0.4, -0.2) is 30.9 Å². The zero-order valence-corrected chi connectivity index (χ0v) is 12.5. The van der Waals surface area contributed by atoms with Gasteiger partial charge in [0.15, 0.2) is 5.82 Å². The highest BCUT2D eigenvalue weighted by Gasteiger charge is 2.10. The van der Waals surface area contributed by atoms with Gasteiger partial charge in [-0.1, -0.05) is 27.2 Å². The smallest absolute Gasteiger partial charge is 0.233 e. The second kappa shape index (κ2) is 7.28. The fourth-order valence-electron chi connectivity index (χ4n) is 1.33. The van der Waals surface area contributed by atoms with Crippen LogP contribution in [-0.2, 0) is 10.0 Å². The van der Waals surface area contributed by atoms with Crippen molar-refractivity contribution < 1.29 is 8.42 Å². The van der Waals surface area contributed by atoms with E-state index in [1.165, 1.54) is 0 Å². The van der Waals surface area contributed by atoms with Crippen molar-refractivity contribution >= 4 is 21.7 Å². The lowest BCUT2D eigenvalue weighted by molar-refractivity contribution is 0.597. The quantitative estimate of drug-likeness (QED) is 0.764. The summed E-state index contributed by atoms with van der Waals surface area (Å²) in [4.78, 5) is 0. The van der Waals surface area contributed by atoms with Crippen molar-refractivity contribution in [3.8, 4) is 0 Å². The summed E-state index contributed by atoms with van der Waals surface area (Å²) < 4.78 is 25.7. The Morgan fingerprint density at radius 2 is 1.84 bits per heavy atom. The first-order valence-electron chi connectivity index (χ1n) is 6.51. The van der Waals surface area contributed by atoms with Crippen LogP contribution in [0.25, 0.3) is 0 Å². The summed E-state index contributed by atoms with van der Waals surface area (Å²) in [6, 6.07) is 3.33. The second-order valence-electron chi connectivity index (χ2n) is 4.85. The van der Waals surface area contributed by atoms with Gasteiger partial charge < -0.3 is 5.32 Å². The molecule has 0 amide bonds. The number of unbranched alkanes of at least 4 members (excludes halogenated alkanes) is 1. The molecule has 0 spiro atoms. The largest absolute Gasteiger partial charge is 0.368 e. The van der Waals surface area contributed by atoms with E-state index in [4.69, 9.17) is 0 Å². The molecule has 0 aromatic carbocycles. The maximum absolute atomic E-state index is 11.7. The van der Waals surface area contributed by atoms with Gasteiger partial charge >= 0.3 is 0 Å². The van der Waals surface area contributed by atoms with Gasteiger partial charge in [0.1, 0.15) is 5.82 Å². The lowest BCUT2D eigenvalue weighted by Gasteiger charge is -2.09. The number of hydrogen-bond donors (Lipinski definition) is 2. The molecule has 0 aliphatic heterocycles. The molecule has 1 heterocycles. The summed E-state index contributed by atoms with van der Waals surface area (Å²) in [6.07, 6.45) is 1.47. The van der Waals surface area contributed by atoms with E-state index in [1.54, 1.807) is 12.1 Å². The minimum absolute atomic E-state index is 0.110. The van der Waals surface area contributed by atoms with Crippen LogP contribution in [0.2, 0.25) is 0 Å². The molecule has 0 atom stereocenters. The molecule has 1 aromatic heterocycles. The molecule has 1 aromatic rings. The molecule has 0 saturated carbocycles. The number of aromatic nitrogens is 2. The van der Waals surface area contributed by atoms with Gasteiger partial charge in [0.2, 0.25) is 10.0 Å². The Morgan fingerprint density at radius 3 is 2.37 bits per heavy atom. The number of nitrogens with zero attached hydrogens (tertiary/aromatic N) is 2. The van der Waals surface area contributed by atoms with Crippen molar-refractivity contribution in [3.05, 3.63) is 12.1 Å². The van der Waals surface area contributed by atoms with Crippen molar-refractivity contribution in [2.45, 2.75) is 33.6 Å². The molecule has 1 rings (SSSR count). The van der Waals surface area contributed by atoms with E-state index in [-0.39, 0.29) is 11.6 Å². The highest BCUT2D eigenvalue weighted by atomic mass is 32.2. The van der Waals surface area contributed by atoms with E-state index in [2.05, 4.69) is 34.1 Å². The lowest BCUT2D eigenvalue weighted by Crippen LogP contribution is -2.18. The molecule has 0 saturated heterocycles. The first kappa shape index (κ1) is 15.7. The third-order valence-electron chi connectivity index (χ3n) is 2.38. The van der Waals surface area contributed by atoms with Crippen molar-refractivity contribution in [1.29, 1.82) is 0 Å². The minimum Gasteiger partial charge on any atom is -0.368 e. The monoisotopic (exact) mass is 286 g/mol. The lowest BCUT2D eigenvalue weighted by atomic mass is 10.2. The molecular formula is C12H22N4O2S. The van der Waals surface area contributed by atoms with E-state index in [9.17, 15) is 8.42 Å². The Bertz CT molecular complexity index is 471. The second-order valence-corrected chi connectivity index (χ2v) is 6.69. The average molecular weight is 286 g/mol. The molecule has 0 radical (unpaired) electrons. The number of hydrogen-bond acceptors (Lipinski definition) is 5. The molecule has 0 bridgehead atoms. The summed E-state index contributed by atoms with van der Waals surface area (Å²) >= 11 is 0. The highest BCUT2D eigenvalue weighted by molar-refractivity contribution is 7.92. The molecule has 0 aliphatic rings. The topological polar surface area (TPSA) is 84.0 Å². The Kier molecular flexibility index (Phi) is 6.01. The molecule has 0 fully saturated rings. The van der Waals surface area contributed by atoms with Crippen molar-refractivity contribution in [2.75, 3.05) is 22.3 Å². The third-order valence-corrected chi connectivity index (χ3v) is 3.73. The number of anilines is 2. The van der Waals surface area contributed by atoms with Crippen LogP contribution < -0.4 is 10.0 Å². The van der Waals surface area contributed by atoms with Gasteiger partial charge in [-0.15, -0.1) is 10.2 Å². The van der Waals surface area contributed by atoms with Crippen LogP contribution in [0, 0.1) is 5.92 Å². The van der Waals surface area contributed by atoms with E-state index in [0.717, 1.165) is 13.0 Å². The van der Waals surface area contributed by atoms with Gasteiger partial charge in [-0.05, 0) is 24.5 Å². The molecule has 0 unspecified atom stereocenters. The first-order chi connectivity index (χ1) is 8.93. The predicted octanol–water partition coefficient (Wildman–Crippen LogP) is 2.09. The minimum atomic E-state index is -3.31. The highest BCUT2D eigenvalue weighted by Crippen LogP contribution is 2.09. The Labute approximate surface area is 115 Å². The normalized spacial score (nSPS) is 11.6. The van der Waals surface area contributed by atoms with Gasteiger partial charge in [-0.3, -0.25) is 4.72 Å². The number of sulfonamides is 1. The summed E-state index contributed by atoms with van der Waals surface area (Å²) in [5.41, 5.74) is 0. The van der Waals surface area contributed by atoms with Gasteiger partial charge in [0.25, 0.3) is 0 Å². The van der Waals surface area contributed by atoms with Crippen molar-refractivity contribution in [3.63, 3.8) is 0 Å². The maximum atomic E-state index is 11.7. The van der Waals surface area contributed by atoms with Crippen LogP contribution in [0.15, 0.2) is 12.1 Å². The Hall–Kier alpha value is -1.37. The Balaban J connectivity index is 2.56. The zero-order chi connectivity index (χ0) is 14.3. The summed E-state index contributed by atoms with van der Waals surface area (Å²) in [5.74, 6) is 1.52. The summed E-state index contributed by atoms with van der Waals surface area (Å²) in [5, 5.41) is 10.9. The van der Waals surface area contributed by atoms with Gasteiger partial charge in [-0.2, -0.15) is 0 Å². The van der Waals surface area contributed by atoms with Gasteiger partial charge in [0.05, 0.1) is 5.75 Å². The van der Waals surface area contributed by atoms with Crippen LogP contribution >= 0.6 is 0 Å². The fraction of sp³-hybridized carbons (Fsp3) is 0.667. The SMILES string of the molecule is CCCCS(=O)(=O)Nc1ccc(NCC(C)C)nn1. The Morgan fingerprint density at radius 1 is 1.21 bits per heavy atom. The first-order valence-corrected chi connectivity index (χ1v) is 8.16. The van der Waals surface area contributed by atoms with Crippen LogP contribution in [0.3, 0.4) is 0 Å². The maximum Gasteiger partial charge on any atom is 0.233 e. The van der Waals surface area contributed by atoms with Crippen molar-refractivity contribution in [2.24, 2.45) is 5.92 Å². The molecule has 0 aliphatic carbocycles. The van der Waals surface area contributed by atoms with E-state index in [0.29, 0.717) is 18.2 Å². The molecule has 7 heteroatoms. The predicted molar refractivity (Wildman–Crippen MR) is 77.7 cm³/mol. The number of nitrogens with one attached hydrogen (secondary N) is 2. The van der Waals surface area contributed by atoms with E-state index in [1.807, 2.05) is 6.92 Å². The molecule has 2 N–H and O–H groups in total. The van der Waals surface area contributed by atoms with Gasteiger partial charge in [0, 0.05) is 6.54 Å². The average Bonchev–Trinajstić information content (AvgIpc) is 2.35. The van der Waals surface area contributed by atoms with Gasteiger partial charge in [-0.25, -0.2) is 8.42 Å². The molecule has 108 valence electrons. The molecule has 19 heavy (non-hydrogen) atoms. The zero-order valence-electron chi connectivity index (χ0n) is 11.7. The van der Waals surface area contributed by atoms with E-state index < -0.39 is 10.0 Å². The standard InChI is InChI=1S/C12H22N4O2S/c1-4-5-8-19(17,18)16-12-7-6-11(14-15-12)13-9-10(2)3/h6-7,10H,4-5,8-9H2,1-3H3,(H,13,14)(H,15,16). The van der Waals surface area contributed by atoms with Crippen LogP contribution in [0.5, 0.6) is 0 Å². The van der Waals surface area contributed by atoms with Crippen LogP contribution in [0.1, 0.15) is 33.6 Å². The van der Waals surface area contributed by atoms with Crippen molar-refractivity contribution in [1.82, 2.24) is 10.2 Å². The summed E-state index contributed by atoms with van der Waals surface area (Å²) in [6.45, 7) is 6.94. The third kappa shape index (κ3) is 6.37. The number of rotatable bonds is 8. The molecule has 6 nitrogen and oxygen atoms in total.